The second-order valence-electron chi connectivity index (χ2n) is 5.95. The van der Waals surface area contributed by atoms with Crippen LogP contribution in [0.4, 0.5) is 0 Å². The molecule has 0 aliphatic rings. The molecule has 0 saturated heterocycles. The number of nitrogens with one attached hydrogen (secondary N) is 1. The molecule has 0 aromatic heterocycles. The number of benzene rings is 1. The minimum atomic E-state index is 0.780. The third kappa shape index (κ3) is 5.54. The van der Waals surface area contributed by atoms with E-state index in [4.69, 9.17) is 4.74 Å². The molecule has 114 valence electrons. The van der Waals surface area contributed by atoms with Crippen molar-refractivity contribution in [2.45, 2.75) is 53.4 Å². The SMILES string of the molecule is CCCNCCC(C)CCc1cc(C)c(OC)c(C)c1. The highest BCUT2D eigenvalue weighted by Gasteiger charge is 2.07. The summed E-state index contributed by atoms with van der Waals surface area (Å²) in [6.07, 6.45) is 4.92. The molecule has 0 aliphatic heterocycles. The summed E-state index contributed by atoms with van der Waals surface area (Å²) in [6.45, 7) is 11.1. The molecule has 1 N–H and O–H groups in total. The fraction of sp³-hybridized carbons (Fsp3) is 0.667. The first kappa shape index (κ1) is 17.0. The molecule has 0 radical (unpaired) electrons. The number of hydrogen-bond donors (Lipinski definition) is 1. The van der Waals surface area contributed by atoms with Crippen LogP contribution in [0, 0.1) is 19.8 Å². The summed E-state index contributed by atoms with van der Waals surface area (Å²) in [5.41, 5.74) is 3.94. The predicted octanol–water partition coefficient (Wildman–Crippen LogP) is 4.27. The molecule has 1 aromatic rings. The van der Waals surface area contributed by atoms with Crippen molar-refractivity contribution in [2.75, 3.05) is 20.2 Å². The first-order valence-corrected chi connectivity index (χ1v) is 7.93. The quantitative estimate of drug-likeness (QED) is 0.681. The van der Waals surface area contributed by atoms with Gasteiger partial charge in [0.2, 0.25) is 0 Å². The highest BCUT2D eigenvalue weighted by Crippen LogP contribution is 2.25. The summed E-state index contributed by atoms with van der Waals surface area (Å²) in [4.78, 5) is 0. The van der Waals surface area contributed by atoms with Crippen molar-refractivity contribution >= 4 is 0 Å². The van der Waals surface area contributed by atoms with Crippen molar-refractivity contribution in [3.05, 3.63) is 28.8 Å². The van der Waals surface area contributed by atoms with Gasteiger partial charge in [-0.15, -0.1) is 0 Å². The molecule has 20 heavy (non-hydrogen) atoms. The van der Waals surface area contributed by atoms with Crippen LogP contribution in [-0.4, -0.2) is 20.2 Å². The first-order chi connectivity index (χ1) is 9.58. The van der Waals surface area contributed by atoms with Gasteiger partial charge in [-0.3, -0.25) is 0 Å². The van der Waals surface area contributed by atoms with Crippen LogP contribution in [0.25, 0.3) is 0 Å². The molecule has 0 fully saturated rings. The maximum absolute atomic E-state index is 5.42. The zero-order valence-corrected chi connectivity index (χ0v) is 13.9. The summed E-state index contributed by atoms with van der Waals surface area (Å²) in [5, 5.41) is 3.48. The van der Waals surface area contributed by atoms with Crippen molar-refractivity contribution < 1.29 is 4.74 Å². The van der Waals surface area contributed by atoms with Gasteiger partial charge in [0.05, 0.1) is 7.11 Å². The van der Waals surface area contributed by atoms with E-state index in [0.717, 1.165) is 24.8 Å². The fourth-order valence-electron chi connectivity index (χ4n) is 2.71. The predicted molar refractivity (Wildman–Crippen MR) is 87.7 cm³/mol. The molecule has 0 saturated carbocycles. The van der Waals surface area contributed by atoms with E-state index in [2.05, 4.69) is 45.1 Å². The van der Waals surface area contributed by atoms with Crippen LogP contribution in [0.3, 0.4) is 0 Å². The Hall–Kier alpha value is -1.02. The van der Waals surface area contributed by atoms with Gasteiger partial charge in [0.15, 0.2) is 0 Å². The molecule has 1 atom stereocenters. The first-order valence-electron chi connectivity index (χ1n) is 7.93. The summed E-state index contributed by atoms with van der Waals surface area (Å²) >= 11 is 0. The molecule has 2 heteroatoms. The standard InChI is InChI=1S/C18H31NO/c1-6-10-19-11-9-14(2)7-8-17-12-15(3)18(20-5)16(4)13-17/h12-14,19H,6-11H2,1-5H3. The Kier molecular flexibility index (Phi) is 7.68. The third-order valence-corrected chi connectivity index (χ3v) is 3.89. The van der Waals surface area contributed by atoms with E-state index in [1.54, 1.807) is 7.11 Å². The van der Waals surface area contributed by atoms with Gasteiger partial charge in [0.25, 0.3) is 0 Å². The number of rotatable bonds is 9. The van der Waals surface area contributed by atoms with Gasteiger partial charge >= 0.3 is 0 Å². The van der Waals surface area contributed by atoms with Crippen molar-refractivity contribution in [3.8, 4) is 5.75 Å². The van der Waals surface area contributed by atoms with Crippen LogP contribution in [0.1, 0.15) is 49.8 Å². The molecular formula is C18H31NO. The van der Waals surface area contributed by atoms with E-state index in [-0.39, 0.29) is 0 Å². The molecule has 0 bridgehead atoms. The van der Waals surface area contributed by atoms with Gasteiger partial charge in [-0.05, 0) is 75.2 Å². The minimum Gasteiger partial charge on any atom is -0.496 e. The number of aryl methyl sites for hydroxylation is 3. The van der Waals surface area contributed by atoms with Gasteiger partial charge in [0.1, 0.15) is 5.75 Å². The second-order valence-corrected chi connectivity index (χ2v) is 5.95. The van der Waals surface area contributed by atoms with E-state index >= 15 is 0 Å². The molecule has 1 aromatic carbocycles. The normalized spacial score (nSPS) is 12.4. The van der Waals surface area contributed by atoms with E-state index in [1.807, 2.05) is 0 Å². The van der Waals surface area contributed by atoms with Crippen LogP contribution in [0.5, 0.6) is 5.75 Å². The van der Waals surface area contributed by atoms with E-state index < -0.39 is 0 Å². The highest BCUT2D eigenvalue weighted by molar-refractivity contribution is 5.43. The van der Waals surface area contributed by atoms with Gasteiger partial charge in [-0.1, -0.05) is 26.0 Å². The van der Waals surface area contributed by atoms with Crippen molar-refractivity contribution in [3.63, 3.8) is 0 Å². The Labute approximate surface area is 124 Å². The lowest BCUT2D eigenvalue weighted by atomic mass is 9.96. The van der Waals surface area contributed by atoms with Crippen molar-refractivity contribution in [2.24, 2.45) is 5.92 Å². The maximum Gasteiger partial charge on any atom is 0.124 e. The second kappa shape index (κ2) is 9.02. The Morgan fingerprint density at radius 3 is 2.30 bits per heavy atom. The Morgan fingerprint density at radius 2 is 1.75 bits per heavy atom. The lowest BCUT2D eigenvalue weighted by molar-refractivity contribution is 0.408. The summed E-state index contributed by atoms with van der Waals surface area (Å²) < 4.78 is 5.42. The highest BCUT2D eigenvalue weighted by atomic mass is 16.5. The Balaban J connectivity index is 2.41. The molecule has 0 spiro atoms. The summed E-state index contributed by atoms with van der Waals surface area (Å²) in [6, 6.07) is 4.54. The van der Waals surface area contributed by atoms with Gasteiger partial charge < -0.3 is 10.1 Å². The van der Waals surface area contributed by atoms with Crippen LogP contribution in [0.2, 0.25) is 0 Å². The van der Waals surface area contributed by atoms with E-state index in [9.17, 15) is 0 Å². The number of methoxy groups -OCH3 is 1. The third-order valence-electron chi connectivity index (χ3n) is 3.89. The molecule has 2 nitrogen and oxygen atoms in total. The molecule has 0 aliphatic carbocycles. The Bertz CT molecular complexity index is 377. The lowest BCUT2D eigenvalue weighted by Crippen LogP contribution is -2.18. The molecule has 1 rings (SSSR count). The number of hydrogen-bond acceptors (Lipinski definition) is 2. The summed E-state index contributed by atoms with van der Waals surface area (Å²) in [7, 11) is 1.75. The van der Waals surface area contributed by atoms with Crippen LogP contribution >= 0.6 is 0 Å². The van der Waals surface area contributed by atoms with Crippen LogP contribution in [0.15, 0.2) is 12.1 Å². The average Bonchev–Trinajstić information content (AvgIpc) is 2.41. The summed E-state index contributed by atoms with van der Waals surface area (Å²) in [5.74, 6) is 1.81. The smallest absolute Gasteiger partial charge is 0.124 e. The molecular weight excluding hydrogens is 246 g/mol. The largest absolute Gasteiger partial charge is 0.496 e. The van der Waals surface area contributed by atoms with Gasteiger partial charge in [-0.25, -0.2) is 0 Å². The number of ether oxygens (including phenoxy) is 1. The molecule has 1 unspecified atom stereocenters. The average molecular weight is 277 g/mol. The van der Waals surface area contributed by atoms with Gasteiger partial charge in [0, 0.05) is 0 Å². The minimum absolute atomic E-state index is 0.780. The van der Waals surface area contributed by atoms with Gasteiger partial charge in [-0.2, -0.15) is 0 Å². The monoisotopic (exact) mass is 277 g/mol. The van der Waals surface area contributed by atoms with Crippen molar-refractivity contribution in [1.29, 1.82) is 0 Å². The maximum atomic E-state index is 5.42. The molecule has 0 heterocycles. The van der Waals surface area contributed by atoms with E-state index in [1.165, 1.54) is 42.4 Å². The fourth-order valence-corrected chi connectivity index (χ4v) is 2.71. The van der Waals surface area contributed by atoms with E-state index in [0.29, 0.717) is 0 Å². The zero-order chi connectivity index (χ0) is 15.0. The Morgan fingerprint density at radius 1 is 1.10 bits per heavy atom. The van der Waals surface area contributed by atoms with Crippen LogP contribution in [-0.2, 0) is 6.42 Å². The van der Waals surface area contributed by atoms with Crippen molar-refractivity contribution in [1.82, 2.24) is 5.32 Å². The lowest BCUT2D eigenvalue weighted by Gasteiger charge is -2.14. The zero-order valence-electron chi connectivity index (χ0n) is 13.9. The van der Waals surface area contributed by atoms with Crippen LogP contribution < -0.4 is 10.1 Å². The topological polar surface area (TPSA) is 21.3 Å². The molecule has 0 amide bonds.